The van der Waals surface area contributed by atoms with E-state index in [1.165, 1.54) is 0 Å². The molecule has 0 saturated heterocycles. The molecule has 0 aromatic heterocycles. The third-order valence-electron chi connectivity index (χ3n) is 2.44. The lowest BCUT2D eigenvalue weighted by Gasteiger charge is -2.31. The molecule has 0 unspecified atom stereocenters. The van der Waals surface area contributed by atoms with Crippen LogP contribution in [0, 0.1) is 11.3 Å². The monoisotopic (exact) mass is 144 g/mol. The molecule has 0 aromatic carbocycles. The second-order valence-electron chi connectivity index (χ2n) is 4.10. The summed E-state index contributed by atoms with van der Waals surface area (Å²) in [5, 5.41) is 0. The van der Waals surface area contributed by atoms with Gasteiger partial charge in [-0.15, -0.1) is 0 Å². The third-order valence-corrected chi connectivity index (χ3v) is 2.44. The molecule has 0 fully saturated rings. The van der Waals surface area contributed by atoms with Crippen molar-refractivity contribution in [1.82, 2.24) is 0 Å². The van der Waals surface area contributed by atoms with E-state index < -0.39 is 0 Å². The summed E-state index contributed by atoms with van der Waals surface area (Å²) in [7, 11) is 1.77. The highest BCUT2D eigenvalue weighted by molar-refractivity contribution is 4.74. The van der Waals surface area contributed by atoms with Gasteiger partial charge in [-0.1, -0.05) is 27.7 Å². The second kappa shape index (κ2) is 3.38. The maximum atomic E-state index is 5.24. The van der Waals surface area contributed by atoms with Gasteiger partial charge in [0.15, 0.2) is 0 Å². The summed E-state index contributed by atoms with van der Waals surface area (Å²) in [6.07, 6.45) is 0.361. The molecule has 0 aliphatic carbocycles. The molecule has 0 spiro atoms. The summed E-state index contributed by atoms with van der Waals surface area (Å²) in [4.78, 5) is 0. The van der Waals surface area contributed by atoms with Gasteiger partial charge in [0.2, 0.25) is 0 Å². The van der Waals surface area contributed by atoms with E-state index in [1.54, 1.807) is 7.11 Å². The molecular weight excluding hydrogens is 124 g/mol. The van der Waals surface area contributed by atoms with Gasteiger partial charge in [-0.25, -0.2) is 0 Å². The van der Waals surface area contributed by atoms with Crippen molar-refractivity contribution in [3.05, 3.63) is 0 Å². The average molecular weight is 144 g/mol. The molecule has 0 aliphatic rings. The van der Waals surface area contributed by atoms with E-state index in [2.05, 4.69) is 34.6 Å². The first-order chi connectivity index (χ1) is 4.39. The first-order valence-electron chi connectivity index (χ1n) is 3.92. The van der Waals surface area contributed by atoms with Gasteiger partial charge in [0.05, 0.1) is 6.10 Å². The van der Waals surface area contributed by atoms with E-state index in [0.717, 1.165) is 0 Å². The van der Waals surface area contributed by atoms with Crippen molar-refractivity contribution in [3.63, 3.8) is 0 Å². The Hall–Kier alpha value is -0.0400. The molecule has 0 rings (SSSR count). The zero-order valence-electron chi connectivity index (χ0n) is 8.06. The van der Waals surface area contributed by atoms with Crippen LogP contribution in [0.3, 0.4) is 0 Å². The molecule has 0 heterocycles. The number of ether oxygens (including phenoxy) is 1. The van der Waals surface area contributed by atoms with Crippen molar-refractivity contribution in [1.29, 1.82) is 0 Å². The first-order valence-corrected chi connectivity index (χ1v) is 3.92. The summed E-state index contributed by atoms with van der Waals surface area (Å²) >= 11 is 0. The van der Waals surface area contributed by atoms with E-state index in [0.29, 0.717) is 17.4 Å². The number of methoxy groups -OCH3 is 1. The van der Waals surface area contributed by atoms with Gasteiger partial charge in [0, 0.05) is 7.11 Å². The topological polar surface area (TPSA) is 9.23 Å². The molecule has 0 aromatic rings. The van der Waals surface area contributed by atoms with Crippen LogP contribution < -0.4 is 0 Å². The molecule has 1 nitrogen and oxygen atoms in total. The fourth-order valence-electron chi connectivity index (χ4n) is 0.908. The quantitative estimate of drug-likeness (QED) is 0.579. The van der Waals surface area contributed by atoms with Crippen molar-refractivity contribution >= 4 is 0 Å². The largest absolute Gasteiger partial charge is 0.381 e. The Bertz CT molecular complexity index is 91.4. The van der Waals surface area contributed by atoms with Gasteiger partial charge in [0.1, 0.15) is 0 Å². The summed E-state index contributed by atoms with van der Waals surface area (Å²) in [5.74, 6) is 0.609. The minimum atomic E-state index is 0.357. The fourth-order valence-corrected chi connectivity index (χ4v) is 0.908. The van der Waals surface area contributed by atoms with Crippen molar-refractivity contribution in [2.45, 2.75) is 40.7 Å². The lowest BCUT2D eigenvalue weighted by molar-refractivity contribution is 0.0271. The number of hydrogen-bond acceptors (Lipinski definition) is 1. The molecule has 1 heteroatoms. The Labute approximate surface area is 64.8 Å². The molecule has 2 atom stereocenters. The van der Waals surface area contributed by atoms with Crippen LogP contribution in [0.1, 0.15) is 34.6 Å². The smallest absolute Gasteiger partial charge is 0.0573 e. The molecule has 0 bridgehead atoms. The molecule has 0 N–H and O–H groups in total. The molecule has 0 aliphatic heterocycles. The van der Waals surface area contributed by atoms with Crippen LogP contribution in [0.2, 0.25) is 0 Å². The van der Waals surface area contributed by atoms with Crippen LogP contribution in [0.4, 0.5) is 0 Å². The molecule has 0 amide bonds. The predicted molar refractivity (Wildman–Crippen MR) is 45.1 cm³/mol. The van der Waals surface area contributed by atoms with E-state index in [4.69, 9.17) is 4.74 Å². The molecule has 0 radical (unpaired) electrons. The Morgan fingerprint density at radius 2 is 1.50 bits per heavy atom. The zero-order chi connectivity index (χ0) is 8.36. The van der Waals surface area contributed by atoms with E-state index in [9.17, 15) is 0 Å². The lowest BCUT2D eigenvalue weighted by Crippen LogP contribution is -2.28. The number of hydrogen-bond donors (Lipinski definition) is 0. The molecular formula is C9H20O. The average Bonchev–Trinajstić information content (AvgIpc) is 1.83. The Morgan fingerprint density at radius 1 is 1.10 bits per heavy atom. The minimum absolute atomic E-state index is 0.357. The lowest BCUT2D eigenvalue weighted by atomic mass is 9.79. The summed E-state index contributed by atoms with van der Waals surface area (Å²) in [5.41, 5.74) is 0.357. The Morgan fingerprint density at radius 3 is 1.60 bits per heavy atom. The van der Waals surface area contributed by atoms with Crippen molar-refractivity contribution in [2.24, 2.45) is 11.3 Å². The van der Waals surface area contributed by atoms with Crippen LogP contribution in [-0.2, 0) is 4.74 Å². The van der Waals surface area contributed by atoms with Crippen LogP contribution in [0.25, 0.3) is 0 Å². The van der Waals surface area contributed by atoms with E-state index in [-0.39, 0.29) is 0 Å². The van der Waals surface area contributed by atoms with Crippen LogP contribution in [0.5, 0.6) is 0 Å². The Kier molecular flexibility index (Phi) is 3.37. The van der Waals surface area contributed by atoms with Crippen LogP contribution >= 0.6 is 0 Å². The minimum Gasteiger partial charge on any atom is -0.381 e. The van der Waals surface area contributed by atoms with Crippen molar-refractivity contribution in [2.75, 3.05) is 7.11 Å². The van der Waals surface area contributed by atoms with Gasteiger partial charge < -0.3 is 4.74 Å². The normalized spacial score (nSPS) is 18.6. The highest BCUT2D eigenvalue weighted by Gasteiger charge is 2.24. The van der Waals surface area contributed by atoms with E-state index >= 15 is 0 Å². The van der Waals surface area contributed by atoms with Gasteiger partial charge in [0.25, 0.3) is 0 Å². The first kappa shape index (κ1) is 9.96. The van der Waals surface area contributed by atoms with Gasteiger partial charge >= 0.3 is 0 Å². The Balaban J connectivity index is 3.94. The van der Waals surface area contributed by atoms with Crippen LogP contribution in [0.15, 0.2) is 0 Å². The highest BCUT2D eigenvalue weighted by Crippen LogP contribution is 2.28. The van der Waals surface area contributed by atoms with Gasteiger partial charge in [-0.2, -0.15) is 0 Å². The SMILES string of the molecule is CO[C@@H](C)[C@H](C)C(C)(C)C. The fraction of sp³-hybridized carbons (Fsp3) is 1.00. The highest BCUT2D eigenvalue weighted by atomic mass is 16.5. The molecule has 0 saturated carbocycles. The zero-order valence-corrected chi connectivity index (χ0v) is 8.06. The second-order valence-corrected chi connectivity index (χ2v) is 4.10. The van der Waals surface area contributed by atoms with E-state index in [1.807, 2.05) is 0 Å². The molecule has 62 valence electrons. The summed E-state index contributed by atoms with van der Waals surface area (Å²) in [6.45, 7) is 11.1. The van der Waals surface area contributed by atoms with Gasteiger partial charge in [-0.3, -0.25) is 0 Å². The summed E-state index contributed by atoms with van der Waals surface area (Å²) in [6, 6.07) is 0. The van der Waals surface area contributed by atoms with Crippen molar-refractivity contribution < 1.29 is 4.74 Å². The standard InChI is InChI=1S/C9H20O/c1-7(8(2)10-6)9(3,4)5/h7-8H,1-6H3/t7-,8-/m0/s1. The van der Waals surface area contributed by atoms with Crippen LogP contribution in [-0.4, -0.2) is 13.2 Å². The molecule has 10 heavy (non-hydrogen) atoms. The number of rotatable bonds is 2. The van der Waals surface area contributed by atoms with Crippen molar-refractivity contribution in [3.8, 4) is 0 Å². The maximum Gasteiger partial charge on any atom is 0.0573 e. The van der Waals surface area contributed by atoms with Gasteiger partial charge in [-0.05, 0) is 18.3 Å². The predicted octanol–water partition coefficient (Wildman–Crippen LogP) is 2.70. The third kappa shape index (κ3) is 2.70. The summed E-state index contributed by atoms with van der Waals surface area (Å²) < 4.78 is 5.24. The maximum absolute atomic E-state index is 5.24.